The van der Waals surface area contributed by atoms with Gasteiger partial charge in [0, 0.05) is 22.6 Å². The number of carbonyl (C=O) groups excluding carboxylic acids is 1. The molecule has 2 aromatic carbocycles. The Kier molecular flexibility index (Phi) is 6.71. The fraction of sp³-hybridized carbons (Fsp3) is 0.300. The molecule has 2 aromatic rings. The highest BCUT2D eigenvalue weighted by Crippen LogP contribution is 2.35. The number of ether oxygens (including phenoxy) is 2. The standard InChI is InChI=1S/C20H17ClF4N2O4/c1-30-16-7-2-11(8-12(16)10-31-14-5-3-13(21)4-6-14)18(28)27-20(29,19(24)25)9-15(26-27)17(22)23/h2-8,17,19,29H,9-10H2,1H3/t20-/m0/s1. The molecule has 0 aromatic heterocycles. The summed E-state index contributed by atoms with van der Waals surface area (Å²) in [4.78, 5) is 12.8. The molecule has 1 N–H and O–H groups in total. The van der Waals surface area contributed by atoms with Crippen LogP contribution in [0, 0.1) is 0 Å². The number of alkyl halides is 4. The van der Waals surface area contributed by atoms with Crippen molar-refractivity contribution in [1.82, 2.24) is 5.01 Å². The summed E-state index contributed by atoms with van der Waals surface area (Å²) in [6.45, 7) is -0.0589. The smallest absolute Gasteiger partial charge is 0.287 e. The molecule has 1 aliphatic heterocycles. The van der Waals surface area contributed by atoms with Crippen LogP contribution in [0.4, 0.5) is 17.6 Å². The predicted molar refractivity (Wildman–Crippen MR) is 104 cm³/mol. The molecule has 0 aliphatic carbocycles. The minimum Gasteiger partial charge on any atom is -0.496 e. The fourth-order valence-corrected chi connectivity index (χ4v) is 3.07. The van der Waals surface area contributed by atoms with Gasteiger partial charge in [-0.25, -0.2) is 17.6 Å². The summed E-state index contributed by atoms with van der Waals surface area (Å²) >= 11 is 5.82. The maximum absolute atomic E-state index is 13.4. The number of amides is 1. The first-order valence-corrected chi connectivity index (χ1v) is 9.29. The molecule has 1 atom stereocenters. The summed E-state index contributed by atoms with van der Waals surface area (Å²) in [6.07, 6.45) is -7.86. The second-order valence-corrected chi connectivity index (χ2v) is 7.07. The third-order valence-electron chi connectivity index (χ3n) is 4.57. The zero-order valence-electron chi connectivity index (χ0n) is 16.1. The van der Waals surface area contributed by atoms with Crippen LogP contribution in [0.5, 0.6) is 11.5 Å². The minimum atomic E-state index is -3.51. The molecule has 11 heteroatoms. The van der Waals surface area contributed by atoms with Gasteiger partial charge in [-0.05, 0) is 42.5 Å². The number of hydrogen-bond acceptors (Lipinski definition) is 5. The van der Waals surface area contributed by atoms with Crippen LogP contribution in [-0.2, 0) is 6.61 Å². The molecule has 0 bridgehead atoms. The Bertz CT molecular complexity index is 988. The zero-order chi connectivity index (χ0) is 22.8. The lowest BCUT2D eigenvalue weighted by molar-refractivity contribution is -0.164. The van der Waals surface area contributed by atoms with E-state index in [1.807, 2.05) is 0 Å². The van der Waals surface area contributed by atoms with Gasteiger partial charge in [-0.3, -0.25) is 4.79 Å². The van der Waals surface area contributed by atoms with Crippen LogP contribution in [0.1, 0.15) is 22.3 Å². The Hall–Kier alpha value is -2.85. The summed E-state index contributed by atoms with van der Waals surface area (Å²) < 4.78 is 63.6. The number of methoxy groups -OCH3 is 1. The van der Waals surface area contributed by atoms with Crippen molar-refractivity contribution in [1.29, 1.82) is 0 Å². The summed E-state index contributed by atoms with van der Waals surface area (Å²) in [5, 5.41) is 13.9. The average Bonchev–Trinajstić information content (AvgIpc) is 3.12. The molecule has 3 rings (SSSR count). The van der Waals surface area contributed by atoms with Crippen LogP contribution < -0.4 is 9.47 Å². The first-order valence-electron chi connectivity index (χ1n) is 8.91. The van der Waals surface area contributed by atoms with Crippen molar-refractivity contribution in [3.05, 3.63) is 58.6 Å². The van der Waals surface area contributed by atoms with Gasteiger partial charge in [-0.15, -0.1) is 0 Å². The van der Waals surface area contributed by atoms with Gasteiger partial charge in [0.2, 0.25) is 5.72 Å². The van der Waals surface area contributed by atoms with E-state index in [9.17, 15) is 27.5 Å². The SMILES string of the molecule is COc1ccc(C(=O)N2N=C(C(F)F)C[C@]2(O)C(F)F)cc1COc1ccc(Cl)cc1. The number of nitrogens with zero attached hydrogens (tertiary/aromatic N) is 2. The summed E-state index contributed by atoms with van der Waals surface area (Å²) in [5.41, 5.74) is -3.96. The molecule has 0 spiro atoms. The quantitative estimate of drug-likeness (QED) is 0.624. The molecule has 1 amide bonds. The fourth-order valence-electron chi connectivity index (χ4n) is 2.94. The maximum atomic E-state index is 13.4. The number of hydrogen-bond donors (Lipinski definition) is 1. The van der Waals surface area contributed by atoms with Crippen LogP contribution in [-0.4, -0.2) is 47.4 Å². The van der Waals surface area contributed by atoms with Crippen molar-refractivity contribution in [2.45, 2.75) is 31.6 Å². The van der Waals surface area contributed by atoms with E-state index in [1.54, 1.807) is 24.3 Å². The van der Waals surface area contributed by atoms with E-state index < -0.39 is 36.6 Å². The van der Waals surface area contributed by atoms with Gasteiger partial charge in [0.05, 0.1) is 7.11 Å². The third-order valence-corrected chi connectivity index (χ3v) is 4.82. The summed E-state index contributed by atoms with van der Waals surface area (Å²) in [5.74, 6) is -0.359. The van der Waals surface area contributed by atoms with E-state index in [0.717, 1.165) is 0 Å². The maximum Gasteiger partial charge on any atom is 0.287 e. The summed E-state index contributed by atoms with van der Waals surface area (Å²) in [7, 11) is 1.39. The van der Waals surface area contributed by atoms with Gasteiger partial charge in [-0.2, -0.15) is 10.1 Å². The van der Waals surface area contributed by atoms with Gasteiger partial charge in [0.1, 0.15) is 23.8 Å². The van der Waals surface area contributed by atoms with Crippen LogP contribution in [0.2, 0.25) is 5.02 Å². The Morgan fingerprint density at radius 1 is 1.23 bits per heavy atom. The van der Waals surface area contributed by atoms with Gasteiger partial charge in [-0.1, -0.05) is 11.6 Å². The Morgan fingerprint density at radius 2 is 1.90 bits per heavy atom. The Labute approximate surface area is 179 Å². The lowest BCUT2D eigenvalue weighted by atomic mass is 10.1. The van der Waals surface area contributed by atoms with E-state index in [4.69, 9.17) is 21.1 Å². The van der Waals surface area contributed by atoms with Crippen molar-refractivity contribution in [3.63, 3.8) is 0 Å². The lowest BCUT2D eigenvalue weighted by Crippen LogP contribution is -2.51. The Balaban J connectivity index is 1.88. The molecule has 0 saturated heterocycles. The molecule has 31 heavy (non-hydrogen) atoms. The molecule has 6 nitrogen and oxygen atoms in total. The predicted octanol–water partition coefficient (Wildman–Crippen LogP) is 4.35. The van der Waals surface area contributed by atoms with E-state index >= 15 is 0 Å². The normalized spacial score (nSPS) is 18.5. The number of benzene rings is 2. The lowest BCUT2D eigenvalue weighted by Gasteiger charge is -2.30. The van der Waals surface area contributed by atoms with Gasteiger partial charge in [0.25, 0.3) is 18.8 Å². The van der Waals surface area contributed by atoms with E-state index in [-0.39, 0.29) is 17.2 Å². The van der Waals surface area contributed by atoms with Gasteiger partial charge in [0.15, 0.2) is 0 Å². The highest BCUT2D eigenvalue weighted by molar-refractivity contribution is 6.30. The van der Waals surface area contributed by atoms with Crippen molar-refractivity contribution < 1.29 is 36.9 Å². The number of carbonyl (C=O) groups is 1. The molecule has 0 unspecified atom stereocenters. The topological polar surface area (TPSA) is 71.4 Å². The highest BCUT2D eigenvalue weighted by atomic mass is 35.5. The van der Waals surface area contributed by atoms with Crippen molar-refractivity contribution in [2.24, 2.45) is 5.10 Å². The molecule has 0 fully saturated rings. The second kappa shape index (κ2) is 9.11. The molecule has 1 heterocycles. The molecular formula is C20H17ClF4N2O4. The summed E-state index contributed by atoms with van der Waals surface area (Å²) in [6, 6.07) is 10.4. The van der Waals surface area contributed by atoms with Crippen LogP contribution in [0.15, 0.2) is 47.6 Å². The van der Waals surface area contributed by atoms with Crippen molar-refractivity contribution in [3.8, 4) is 11.5 Å². The number of rotatable bonds is 7. The molecule has 0 saturated carbocycles. The first-order chi connectivity index (χ1) is 14.7. The van der Waals surface area contributed by atoms with Crippen LogP contribution in [0.25, 0.3) is 0 Å². The van der Waals surface area contributed by atoms with Gasteiger partial charge < -0.3 is 14.6 Å². The zero-order valence-corrected chi connectivity index (χ0v) is 16.8. The number of aliphatic hydroxyl groups is 1. The minimum absolute atomic E-state index is 0.00476. The van der Waals surface area contributed by atoms with E-state index in [1.165, 1.54) is 25.3 Å². The van der Waals surface area contributed by atoms with Crippen LogP contribution in [0.3, 0.4) is 0 Å². The highest BCUT2D eigenvalue weighted by Gasteiger charge is 2.53. The second-order valence-electron chi connectivity index (χ2n) is 6.63. The molecular weight excluding hydrogens is 444 g/mol. The molecule has 1 aliphatic rings. The van der Waals surface area contributed by atoms with Gasteiger partial charge >= 0.3 is 0 Å². The van der Waals surface area contributed by atoms with E-state index in [0.29, 0.717) is 22.1 Å². The third kappa shape index (κ3) is 4.75. The van der Waals surface area contributed by atoms with Crippen molar-refractivity contribution >= 4 is 23.2 Å². The number of halogens is 5. The first kappa shape index (κ1) is 22.8. The monoisotopic (exact) mass is 460 g/mol. The average molecular weight is 461 g/mol. The molecule has 0 radical (unpaired) electrons. The van der Waals surface area contributed by atoms with E-state index in [2.05, 4.69) is 5.10 Å². The largest absolute Gasteiger partial charge is 0.496 e. The number of hydrazone groups is 1. The Morgan fingerprint density at radius 3 is 2.48 bits per heavy atom. The van der Waals surface area contributed by atoms with Crippen LogP contribution >= 0.6 is 11.6 Å². The van der Waals surface area contributed by atoms with Crippen molar-refractivity contribution in [2.75, 3.05) is 7.11 Å². The molecule has 166 valence electrons.